The van der Waals surface area contributed by atoms with Gasteiger partial charge in [0.05, 0.1) is 0 Å². The molecule has 0 radical (unpaired) electrons. The fourth-order valence-electron chi connectivity index (χ4n) is 5.47. The first-order valence-corrected chi connectivity index (χ1v) is 15.2. The van der Waals surface area contributed by atoms with E-state index in [2.05, 4.69) is 167 Å². The number of benzene rings is 4. The van der Waals surface area contributed by atoms with E-state index in [0.29, 0.717) is 0 Å². The Morgan fingerprint density at radius 3 is 1.34 bits per heavy atom. The van der Waals surface area contributed by atoms with Crippen LogP contribution in [0.4, 0.5) is 11.4 Å². The predicted molar refractivity (Wildman–Crippen MR) is 180 cm³/mol. The van der Waals surface area contributed by atoms with Gasteiger partial charge in [-0.3, -0.25) is 0 Å². The third-order valence-electron chi connectivity index (χ3n) is 8.05. The van der Waals surface area contributed by atoms with Crippen LogP contribution in [0.25, 0.3) is 5.57 Å². The van der Waals surface area contributed by atoms with Gasteiger partial charge in [-0.2, -0.15) is 0 Å². The molecular weight excluding hydrogens is 496 g/mol. The van der Waals surface area contributed by atoms with Gasteiger partial charge in [0.15, 0.2) is 0 Å². The fraction of sp³-hybridized carbons (Fsp3) is 0.282. The first-order chi connectivity index (χ1) is 20.0. The van der Waals surface area contributed by atoms with Gasteiger partial charge >= 0.3 is 0 Å². The second-order valence-corrected chi connectivity index (χ2v) is 10.7. The molecule has 212 valence electrons. The molecule has 2 nitrogen and oxygen atoms in total. The summed E-state index contributed by atoms with van der Waals surface area (Å²) in [6, 6.07) is 36.0. The zero-order valence-electron chi connectivity index (χ0n) is 25.8. The smallest absolute Gasteiger partial charge is 0.0366 e. The van der Waals surface area contributed by atoms with E-state index in [9.17, 15) is 0 Å². The summed E-state index contributed by atoms with van der Waals surface area (Å²) >= 11 is 0. The topological polar surface area (TPSA) is 6.48 Å². The van der Waals surface area contributed by atoms with Crippen molar-refractivity contribution in [3.63, 3.8) is 0 Å². The standard InChI is InChI=1S/C39H46N2/c1-7-40(8-2)36-26-22-34(23-27-36)38(32-18-14-30(5)15-19-32)12-11-13-39(33-20-16-31(6)17-21-33)35-24-28-37(29-25-35)41(9-3)10-4/h11-29,38H,7-10H2,1-6H3. The average Bonchev–Trinajstić information content (AvgIpc) is 3.01. The Labute approximate surface area is 248 Å². The van der Waals surface area contributed by atoms with Crippen molar-refractivity contribution in [1.29, 1.82) is 0 Å². The summed E-state index contributed by atoms with van der Waals surface area (Å²) in [7, 11) is 0. The first-order valence-electron chi connectivity index (χ1n) is 15.2. The molecule has 0 aliphatic heterocycles. The van der Waals surface area contributed by atoms with E-state index in [1.165, 1.54) is 50.3 Å². The van der Waals surface area contributed by atoms with Crippen LogP contribution in [0, 0.1) is 13.8 Å². The molecule has 0 saturated carbocycles. The van der Waals surface area contributed by atoms with E-state index in [1.807, 2.05) is 0 Å². The monoisotopic (exact) mass is 542 g/mol. The summed E-state index contributed by atoms with van der Waals surface area (Å²) in [5.74, 6) is 0.168. The van der Waals surface area contributed by atoms with E-state index in [-0.39, 0.29) is 5.92 Å². The van der Waals surface area contributed by atoms with Crippen molar-refractivity contribution in [2.24, 2.45) is 0 Å². The van der Waals surface area contributed by atoms with Gasteiger partial charge in [0.25, 0.3) is 0 Å². The lowest BCUT2D eigenvalue weighted by Crippen LogP contribution is -2.21. The Bertz CT molecular complexity index is 1400. The van der Waals surface area contributed by atoms with Crippen LogP contribution in [0.3, 0.4) is 0 Å². The van der Waals surface area contributed by atoms with Crippen LogP contribution in [-0.2, 0) is 0 Å². The molecular formula is C39H46N2. The molecule has 1 atom stereocenters. The second-order valence-electron chi connectivity index (χ2n) is 10.7. The number of hydrogen-bond acceptors (Lipinski definition) is 2. The minimum Gasteiger partial charge on any atom is -0.372 e. The Hall–Kier alpha value is -4.04. The van der Waals surface area contributed by atoms with Crippen LogP contribution in [0.15, 0.2) is 115 Å². The van der Waals surface area contributed by atoms with Crippen LogP contribution in [0.5, 0.6) is 0 Å². The van der Waals surface area contributed by atoms with Gasteiger partial charge in [-0.25, -0.2) is 0 Å². The Kier molecular flexibility index (Phi) is 10.6. The lowest BCUT2D eigenvalue weighted by atomic mass is 9.89. The van der Waals surface area contributed by atoms with E-state index in [4.69, 9.17) is 0 Å². The number of aryl methyl sites for hydroxylation is 2. The number of anilines is 2. The maximum atomic E-state index is 2.39. The third kappa shape index (κ3) is 7.58. The fourth-order valence-corrected chi connectivity index (χ4v) is 5.47. The van der Waals surface area contributed by atoms with Crippen molar-refractivity contribution in [2.75, 3.05) is 36.0 Å². The zero-order valence-corrected chi connectivity index (χ0v) is 25.8. The first kappa shape index (κ1) is 29.9. The summed E-state index contributed by atoms with van der Waals surface area (Å²) in [6.45, 7) is 17.2. The van der Waals surface area contributed by atoms with Gasteiger partial charge in [0.2, 0.25) is 0 Å². The van der Waals surface area contributed by atoms with Crippen LogP contribution in [-0.4, -0.2) is 26.2 Å². The Balaban J connectivity index is 1.73. The van der Waals surface area contributed by atoms with E-state index >= 15 is 0 Å². The quantitative estimate of drug-likeness (QED) is 0.164. The summed E-state index contributed by atoms with van der Waals surface area (Å²) in [5.41, 5.74) is 11.4. The molecule has 4 aromatic carbocycles. The van der Waals surface area contributed by atoms with Crippen molar-refractivity contribution >= 4 is 16.9 Å². The molecule has 4 rings (SSSR count). The van der Waals surface area contributed by atoms with Gasteiger partial charge < -0.3 is 9.80 Å². The van der Waals surface area contributed by atoms with Crippen molar-refractivity contribution in [1.82, 2.24) is 0 Å². The van der Waals surface area contributed by atoms with Gasteiger partial charge in [-0.05, 0) is 93.6 Å². The molecule has 0 N–H and O–H groups in total. The van der Waals surface area contributed by atoms with E-state index in [0.717, 1.165) is 26.2 Å². The number of nitrogens with zero attached hydrogens (tertiary/aromatic N) is 2. The molecule has 0 saturated heterocycles. The van der Waals surface area contributed by atoms with Crippen LogP contribution in [0.1, 0.15) is 67.0 Å². The molecule has 0 aromatic heterocycles. The SMILES string of the molecule is CCN(CC)c1ccc(C(=CC=CC(c2ccc(C)cc2)c2ccc(N(CC)CC)cc2)c2ccc(C)cc2)cc1. The van der Waals surface area contributed by atoms with Crippen LogP contribution >= 0.6 is 0 Å². The Morgan fingerprint density at radius 2 is 0.902 bits per heavy atom. The number of allylic oxidation sites excluding steroid dienone is 3. The highest BCUT2D eigenvalue weighted by Crippen LogP contribution is 2.30. The average molecular weight is 543 g/mol. The lowest BCUT2D eigenvalue weighted by Gasteiger charge is -2.22. The molecule has 2 heteroatoms. The molecule has 1 unspecified atom stereocenters. The van der Waals surface area contributed by atoms with Crippen molar-refractivity contribution in [3.05, 3.63) is 149 Å². The van der Waals surface area contributed by atoms with Gasteiger partial charge in [-0.15, -0.1) is 0 Å². The normalized spacial score (nSPS) is 12.5. The molecule has 41 heavy (non-hydrogen) atoms. The maximum absolute atomic E-state index is 2.39. The van der Waals surface area contributed by atoms with E-state index < -0.39 is 0 Å². The van der Waals surface area contributed by atoms with Gasteiger partial charge in [-0.1, -0.05) is 102 Å². The molecule has 0 amide bonds. The molecule has 0 spiro atoms. The lowest BCUT2D eigenvalue weighted by molar-refractivity contribution is 0.865. The molecule has 0 aliphatic carbocycles. The summed E-state index contributed by atoms with van der Waals surface area (Å²) in [4.78, 5) is 4.78. The van der Waals surface area contributed by atoms with Crippen molar-refractivity contribution in [3.8, 4) is 0 Å². The largest absolute Gasteiger partial charge is 0.372 e. The zero-order chi connectivity index (χ0) is 29.2. The highest BCUT2D eigenvalue weighted by atomic mass is 15.1. The van der Waals surface area contributed by atoms with E-state index in [1.54, 1.807) is 0 Å². The highest BCUT2D eigenvalue weighted by molar-refractivity contribution is 5.81. The Morgan fingerprint density at radius 1 is 0.537 bits per heavy atom. The highest BCUT2D eigenvalue weighted by Gasteiger charge is 2.13. The summed E-state index contributed by atoms with van der Waals surface area (Å²) in [5, 5.41) is 0. The minimum absolute atomic E-state index is 0.168. The number of rotatable bonds is 12. The van der Waals surface area contributed by atoms with Crippen LogP contribution < -0.4 is 9.80 Å². The minimum atomic E-state index is 0.168. The molecule has 0 heterocycles. The van der Waals surface area contributed by atoms with Crippen molar-refractivity contribution in [2.45, 2.75) is 47.5 Å². The summed E-state index contributed by atoms with van der Waals surface area (Å²) in [6.07, 6.45) is 6.87. The van der Waals surface area contributed by atoms with Crippen LogP contribution in [0.2, 0.25) is 0 Å². The maximum Gasteiger partial charge on any atom is 0.0366 e. The van der Waals surface area contributed by atoms with Gasteiger partial charge in [0.1, 0.15) is 0 Å². The van der Waals surface area contributed by atoms with Gasteiger partial charge in [0, 0.05) is 43.5 Å². The molecule has 0 aliphatic rings. The second kappa shape index (κ2) is 14.6. The third-order valence-corrected chi connectivity index (χ3v) is 8.05. The molecule has 4 aromatic rings. The summed E-state index contributed by atoms with van der Waals surface area (Å²) < 4.78 is 0. The van der Waals surface area contributed by atoms with Crippen molar-refractivity contribution < 1.29 is 0 Å². The molecule has 0 fully saturated rings. The number of hydrogen-bond donors (Lipinski definition) is 0. The molecule has 0 bridgehead atoms. The predicted octanol–water partition coefficient (Wildman–Crippen LogP) is 9.82.